The number of hydrogen-bond acceptors (Lipinski definition) is 5. The van der Waals surface area contributed by atoms with Gasteiger partial charge in [0, 0.05) is 50.2 Å². The van der Waals surface area contributed by atoms with Crippen LogP contribution in [-0.4, -0.2) is 54.3 Å². The van der Waals surface area contributed by atoms with Gasteiger partial charge in [0.15, 0.2) is 0 Å². The lowest BCUT2D eigenvalue weighted by atomic mass is 9.80. The quantitative estimate of drug-likeness (QED) is 0.860. The van der Waals surface area contributed by atoms with Crippen molar-refractivity contribution in [2.24, 2.45) is 5.41 Å². The zero-order valence-corrected chi connectivity index (χ0v) is 14.7. The molecule has 2 aliphatic heterocycles. The number of pyridine rings is 2. The van der Waals surface area contributed by atoms with Crippen LogP contribution in [0.4, 0.5) is 5.69 Å². The SMILES string of the molecule is c1cncc(N2CCOC[C@]3(CCCN(Cc4ccncc4)C3)C2)c1. The van der Waals surface area contributed by atoms with Crippen molar-refractivity contribution in [2.75, 3.05) is 44.3 Å². The van der Waals surface area contributed by atoms with Crippen LogP contribution in [-0.2, 0) is 11.3 Å². The minimum absolute atomic E-state index is 0.206. The Morgan fingerprint density at radius 3 is 2.80 bits per heavy atom. The molecule has 2 fully saturated rings. The Balaban J connectivity index is 1.49. The summed E-state index contributed by atoms with van der Waals surface area (Å²) in [5.74, 6) is 0. The van der Waals surface area contributed by atoms with Gasteiger partial charge in [0.2, 0.25) is 0 Å². The van der Waals surface area contributed by atoms with Crippen LogP contribution < -0.4 is 4.90 Å². The molecule has 1 spiro atoms. The average Bonchev–Trinajstić information content (AvgIpc) is 2.86. The van der Waals surface area contributed by atoms with Crippen molar-refractivity contribution in [3.05, 3.63) is 54.6 Å². The van der Waals surface area contributed by atoms with E-state index >= 15 is 0 Å². The predicted molar refractivity (Wildman–Crippen MR) is 98.5 cm³/mol. The van der Waals surface area contributed by atoms with Crippen molar-refractivity contribution in [1.82, 2.24) is 14.9 Å². The second kappa shape index (κ2) is 7.50. The van der Waals surface area contributed by atoms with Gasteiger partial charge < -0.3 is 9.64 Å². The van der Waals surface area contributed by atoms with E-state index in [2.05, 4.69) is 38.0 Å². The summed E-state index contributed by atoms with van der Waals surface area (Å²) in [5, 5.41) is 0. The number of aromatic nitrogens is 2. The smallest absolute Gasteiger partial charge is 0.0641 e. The molecule has 5 nitrogen and oxygen atoms in total. The Kier molecular flexibility index (Phi) is 4.95. The van der Waals surface area contributed by atoms with E-state index in [0.717, 1.165) is 45.9 Å². The van der Waals surface area contributed by atoms with Crippen molar-refractivity contribution in [2.45, 2.75) is 19.4 Å². The maximum Gasteiger partial charge on any atom is 0.0641 e. The average molecular weight is 338 g/mol. The van der Waals surface area contributed by atoms with Gasteiger partial charge in [0.25, 0.3) is 0 Å². The number of hydrogen-bond donors (Lipinski definition) is 0. The molecule has 2 aromatic rings. The number of nitrogens with zero attached hydrogens (tertiary/aromatic N) is 4. The third kappa shape index (κ3) is 3.99. The third-order valence-electron chi connectivity index (χ3n) is 5.35. The van der Waals surface area contributed by atoms with E-state index in [0.29, 0.717) is 0 Å². The molecule has 0 aromatic carbocycles. The van der Waals surface area contributed by atoms with Gasteiger partial charge in [-0.25, -0.2) is 0 Å². The van der Waals surface area contributed by atoms with Crippen LogP contribution in [0.2, 0.25) is 0 Å². The van der Waals surface area contributed by atoms with Crippen LogP contribution in [0.3, 0.4) is 0 Å². The highest BCUT2D eigenvalue weighted by Crippen LogP contribution is 2.34. The Hall–Kier alpha value is -1.98. The number of anilines is 1. The van der Waals surface area contributed by atoms with Gasteiger partial charge in [-0.3, -0.25) is 14.9 Å². The fourth-order valence-electron chi connectivity index (χ4n) is 4.19. The first kappa shape index (κ1) is 16.5. The van der Waals surface area contributed by atoms with E-state index in [4.69, 9.17) is 4.74 Å². The van der Waals surface area contributed by atoms with E-state index < -0.39 is 0 Å². The van der Waals surface area contributed by atoms with E-state index in [-0.39, 0.29) is 5.41 Å². The number of rotatable bonds is 3. The Morgan fingerprint density at radius 1 is 1.04 bits per heavy atom. The minimum Gasteiger partial charge on any atom is -0.379 e. The summed E-state index contributed by atoms with van der Waals surface area (Å²) < 4.78 is 6.04. The van der Waals surface area contributed by atoms with Crippen LogP contribution in [0.1, 0.15) is 18.4 Å². The Morgan fingerprint density at radius 2 is 1.96 bits per heavy atom. The minimum atomic E-state index is 0.206. The molecule has 1 atom stereocenters. The highest BCUT2D eigenvalue weighted by atomic mass is 16.5. The molecule has 2 aromatic heterocycles. The first-order valence-electron chi connectivity index (χ1n) is 9.17. The summed E-state index contributed by atoms with van der Waals surface area (Å²) in [6.07, 6.45) is 10.0. The van der Waals surface area contributed by atoms with Crippen molar-refractivity contribution >= 4 is 5.69 Å². The summed E-state index contributed by atoms with van der Waals surface area (Å²) in [5.41, 5.74) is 2.75. The third-order valence-corrected chi connectivity index (χ3v) is 5.35. The summed E-state index contributed by atoms with van der Waals surface area (Å²) in [6, 6.07) is 8.41. The van der Waals surface area contributed by atoms with E-state index in [1.54, 1.807) is 0 Å². The fraction of sp³-hybridized carbons (Fsp3) is 0.500. The van der Waals surface area contributed by atoms with Gasteiger partial charge in [0.1, 0.15) is 0 Å². The summed E-state index contributed by atoms with van der Waals surface area (Å²) >= 11 is 0. The van der Waals surface area contributed by atoms with Gasteiger partial charge in [0.05, 0.1) is 25.1 Å². The molecule has 4 heterocycles. The number of ether oxygens (including phenoxy) is 1. The summed E-state index contributed by atoms with van der Waals surface area (Å²) in [6.45, 7) is 6.89. The molecular formula is C20H26N4O. The standard InChI is InChI=1S/C20H26N4O/c1-3-19(13-22-7-1)24-11-12-25-17-20(16-24)6-2-10-23(15-20)14-18-4-8-21-9-5-18/h1,3-5,7-9,13H,2,6,10-12,14-17H2/t20-/m0/s1. The second-order valence-corrected chi connectivity index (χ2v) is 7.36. The molecule has 0 unspecified atom stereocenters. The van der Waals surface area contributed by atoms with E-state index in [1.807, 2.05) is 30.9 Å². The monoisotopic (exact) mass is 338 g/mol. The highest BCUT2D eigenvalue weighted by molar-refractivity contribution is 5.44. The molecule has 2 aliphatic rings. The second-order valence-electron chi connectivity index (χ2n) is 7.36. The number of piperidine rings is 1. The molecule has 132 valence electrons. The first-order chi connectivity index (χ1) is 12.3. The molecule has 0 aliphatic carbocycles. The summed E-state index contributed by atoms with van der Waals surface area (Å²) in [7, 11) is 0. The Bertz CT molecular complexity index is 666. The molecule has 25 heavy (non-hydrogen) atoms. The molecule has 0 amide bonds. The van der Waals surface area contributed by atoms with Crippen LogP contribution in [0.25, 0.3) is 0 Å². The molecule has 0 radical (unpaired) electrons. The van der Waals surface area contributed by atoms with Crippen LogP contribution in [0.15, 0.2) is 49.1 Å². The van der Waals surface area contributed by atoms with Gasteiger partial charge >= 0.3 is 0 Å². The maximum absolute atomic E-state index is 6.04. The largest absolute Gasteiger partial charge is 0.379 e. The van der Waals surface area contributed by atoms with Crippen LogP contribution in [0.5, 0.6) is 0 Å². The van der Waals surface area contributed by atoms with Gasteiger partial charge in [-0.05, 0) is 49.2 Å². The van der Waals surface area contributed by atoms with Crippen molar-refractivity contribution in [3.8, 4) is 0 Å². The molecule has 5 heteroatoms. The maximum atomic E-state index is 6.04. The number of likely N-dealkylation sites (tertiary alicyclic amines) is 1. The first-order valence-corrected chi connectivity index (χ1v) is 9.17. The van der Waals surface area contributed by atoms with Gasteiger partial charge in [-0.1, -0.05) is 0 Å². The van der Waals surface area contributed by atoms with Crippen molar-refractivity contribution in [3.63, 3.8) is 0 Å². The van der Waals surface area contributed by atoms with E-state index in [9.17, 15) is 0 Å². The zero-order valence-electron chi connectivity index (χ0n) is 14.7. The molecular weight excluding hydrogens is 312 g/mol. The van der Waals surface area contributed by atoms with Gasteiger partial charge in [-0.15, -0.1) is 0 Å². The highest BCUT2D eigenvalue weighted by Gasteiger charge is 2.39. The molecule has 0 N–H and O–H groups in total. The van der Waals surface area contributed by atoms with Crippen molar-refractivity contribution in [1.29, 1.82) is 0 Å². The van der Waals surface area contributed by atoms with E-state index in [1.165, 1.54) is 24.1 Å². The molecule has 2 saturated heterocycles. The zero-order chi connectivity index (χ0) is 17.0. The fourth-order valence-corrected chi connectivity index (χ4v) is 4.19. The van der Waals surface area contributed by atoms with Gasteiger partial charge in [-0.2, -0.15) is 0 Å². The predicted octanol–water partition coefficient (Wildman–Crippen LogP) is 2.60. The topological polar surface area (TPSA) is 41.5 Å². The lowest BCUT2D eigenvalue weighted by Gasteiger charge is -2.44. The molecule has 0 bridgehead atoms. The van der Waals surface area contributed by atoms with Crippen molar-refractivity contribution < 1.29 is 4.74 Å². The Labute approximate surface area is 149 Å². The van der Waals surface area contributed by atoms with Crippen LogP contribution >= 0.6 is 0 Å². The summed E-state index contributed by atoms with van der Waals surface area (Å²) in [4.78, 5) is 13.5. The lowest BCUT2D eigenvalue weighted by Crippen LogP contribution is -2.50. The molecule has 0 saturated carbocycles. The normalized spacial score (nSPS) is 25.0. The lowest BCUT2D eigenvalue weighted by molar-refractivity contribution is 0.0106. The van der Waals surface area contributed by atoms with Crippen LogP contribution in [0, 0.1) is 5.41 Å². The molecule has 4 rings (SSSR count).